The summed E-state index contributed by atoms with van der Waals surface area (Å²) in [5, 5.41) is 3.63. The fraction of sp³-hybridized carbons (Fsp3) is 0.400. The van der Waals surface area contributed by atoms with E-state index in [1.165, 1.54) is 11.3 Å². The van der Waals surface area contributed by atoms with E-state index in [1.807, 2.05) is 19.1 Å². The lowest BCUT2D eigenvalue weighted by Gasteiger charge is -2.36. The monoisotopic (exact) mass is 446 g/mol. The molecule has 2 fully saturated rings. The number of anilines is 2. The standard InChI is InChI=1S/C25H30N6O2/c1-2-31-24(32)17-22(20-7-9-26-10-8-20)28-25(31)30-12-11-27-23(18-30)19-3-5-21(6-4-19)29-13-15-33-16-14-29/h3-10,17,23,27H,2,11-16,18H2,1H3/t23-/m1/s1. The predicted molar refractivity (Wildman–Crippen MR) is 130 cm³/mol. The van der Waals surface area contributed by atoms with Crippen LogP contribution in [0.4, 0.5) is 11.6 Å². The summed E-state index contributed by atoms with van der Waals surface area (Å²) in [5.41, 5.74) is 4.04. The zero-order valence-electron chi connectivity index (χ0n) is 19.0. The third-order valence-electron chi connectivity index (χ3n) is 6.41. The molecule has 0 amide bonds. The minimum absolute atomic E-state index is 0.0285. The van der Waals surface area contributed by atoms with Crippen LogP contribution in [0.3, 0.4) is 0 Å². The van der Waals surface area contributed by atoms with Gasteiger partial charge in [0.1, 0.15) is 0 Å². The molecule has 172 valence electrons. The van der Waals surface area contributed by atoms with Crippen molar-refractivity contribution in [3.63, 3.8) is 0 Å². The van der Waals surface area contributed by atoms with E-state index in [9.17, 15) is 4.79 Å². The first-order valence-electron chi connectivity index (χ1n) is 11.7. The molecule has 0 spiro atoms. The van der Waals surface area contributed by atoms with Gasteiger partial charge in [-0.2, -0.15) is 0 Å². The predicted octanol–water partition coefficient (Wildman–Crippen LogP) is 2.31. The maximum atomic E-state index is 12.9. The number of hydrogen-bond acceptors (Lipinski definition) is 7. The van der Waals surface area contributed by atoms with Crippen molar-refractivity contribution in [1.82, 2.24) is 19.9 Å². The zero-order chi connectivity index (χ0) is 22.6. The highest BCUT2D eigenvalue weighted by Gasteiger charge is 2.25. The highest BCUT2D eigenvalue weighted by Crippen LogP contribution is 2.25. The lowest BCUT2D eigenvalue weighted by atomic mass is 10.0. The van der Waals surface area contributed by atoms with E-state index in [0.29, 0.717) is 12.2 Å². The Labute approximate surface area is 193 Å². The van der Waals surface area contributed by atoms with Crippen LogP contribution in [-0.2, 0) is 11.3 Å². The zero-order valence-corrected chi connectivity index (χ0v) is 19.0. The first-order valence-corrected chi connectivity index (χ1v) is 11.7. The Morgan fingerprint density at radius 1 is 1.03 bits per heavy atom. The van der Waals surface area contributed by atoms with Gasteiger partial charge in [-0.3, -0.25) is 14.3 Å². The Morgan fingerprint density at radius 2 is 1.79 bits per heavy atom. The second-order valence-electron chi connectivity index (χ2n) is 8.40. The number of hydrogen-bond donors (Lipinski definition) is 1. The van der Waals surface area contributed by atoms with Gasteiger partial charge in [0.15, 0.2) is 0 Å². The molecule has 2 aromatic heterocycles. The van der Waals surface area contributed by atoms with Crippen LogP contribution in [0.2, 0.25) is 0 Å². The molecule has 0 unspecified atom stereocenters. The molecule has 0 aliphatic carbocycles. The Hall–Kier alpha value is -3.23. The molecule has 0 bridgehead atoms. The van der Waals surface area contributed by atoms with Gasteiger partial charge in [0.2, 0.25) is 5.95 Å². The molecule has 2 aliphatic rings. The maximum Gasteiger partial charge on any atom is 0.255 e. The van der Waals surface area contributed by atoms with Gasteiger partial charge < -0.3 is 19.9 Å². The Morgan fingerprint density at radius 3 is 2.52 bits per heavy atom. The molecule has 0 saturated carbocycles. The third kappa shape index (κ3) is 4.62. The van der Waals surface area contributed by atoms with Gasteiger partial charge in [-0.15, -0.1) is 0 Å². The summed E-state index contributed by atoms with van der Waals surface area (Å²) in [6, 6.07) is 14.4. The van der Waals surface area contributed by atoms with Gasteiger partial charge in [0, 0.05) is 75.0 Å². The molecule has 1 N–H and O–H groups in total. The van der Waals surface area contributed by atoms with Crippen molar-refractivity contribution in [2.24, 2.45) is 0 Å². The SMILES string of the molecule is CCn1c(N2CCN[C@@H](c3ccc(N4CCOCC4)cc3)C2)nc(-c2ccncc2)cc1=O. The Kier molecular flexibility index (Phi) is 6.37. The quantitative estimate of drug-likeness (QED) is 0.645. The second kappa shape index (κ2) is 9.72. The fourth-order valence-corrected chi connectivity index (χ4v) is 4.60. The van der Waals surface area contributed by atoms with Gasteiger partial charge in [-0.25, -0.2) is 4.98 Å². The molecule has 3 aromatic rings. The van der Waals surface area contributed by atoms with Crippen molar-refractivity contribution >= 4 is 11.6 Å². The lowest BCUT2D eigenvalue weighted by Crippen LogP contribution is -2.48. The van der Waals surface area contributed by atoms with Crippen molar-refractivity contribution in [2.75, 3.05) is 55.7 Å². The van der Waals surface area contributed by atoms with Crippen molar-refractivity contribution < 1.29 is 4.74 Å². The van der Waals surface area contributed by atoms with E-state index in [2.05, 4.69) is 44.4 Å². The highest BCUT2D eigenvalue weighted by molar-refractivity contribution is 5.59. The number of morpholine rings is 1. The fourth-order valence-electron chi connectivity index (χ4n) is 4.60. The Balaban J connectivity index is 1.39. The summed E-state index contributed by atoms with van der Waals surface area (Å²) in [5.74, 6) is 0.730. The van der Waals surface area contributed by atoms with Crippen LogP contribution < -0.4 is 20.7 Å². The molecule has 33 heavy (non-hydrogen) atoms. The summed E-state index contributed by atoms with van der Waals surface area (Å²) >= 11 is 0. The van der Waals surface area contributed by atoms with Crippen molar-refractivity contribution in [1.29, 1.82) is 0 Å². The number of pyridine rings is 1. The Bertz CT molecular complexity index is 1130. The molecule has 1 aromatic carbocycles. The van der Waals surface area contributed by atoms with Crippen LogP contribution in [0.1, 0.15) is 18.5 Å². The summed E-state index contributed by atoms with van der Waals surface area (Å²) in [7, 11) is 0. The van der Waals surface area contributed by atoms with Gasteiger partial charge in [0.05, 0.1) is 18.9 Å². The van der Waals surface area contributed by atoms with Gasteiger partial charge >= 0.3 is 0 Å². The van der Waals surface area contributed by atoms with E-state index in [1.54, 1.807) is 23.0 Å². The number of nitrogens with one attached hydrogen (secondary N) is 1. The van der Waals surface area contributed by atoms with E-state index >= 15 is 0 Å². The number of nitrogens with zero attached hydrogens (tertiary/aromatic N) is 5. The minimum atomic E-state index is -0.0285. The van der Waals surface area contributed by atoms with Crippen LogP contribution in [0, 0.1) is 0 Å². The van der Waals surface area contributed by atoms with Crippen molar-refractivity contribution in [3.8, 4) is 11.3 Å². The maximum absolute atomic E-state index is 12.9. The summed E-state index contributed by atoms with van der Waals surface area (Å²) in [6.07, 6.45) is 3.45. The number of ether oxygens (including phenoxy) is 1. The van der Waals surface area contributed by atoms with Gasteiger partial charge in [0.25, 0.3) is 5.56 Å². The average molecular weight is 447 g/mol. The van der Waals surface area contributed by atoms with Gasteiger partial charge in [-0.05, 0) is 36.8 Å². The molecule has 1 atom stereocenters. The minimum Gasteiger partial charge on any atom is -0.378 e. The topological polar surface area (TPSA) is 75.5 Å². The number of rotatable bonds is 5. The van der Waals surface area contributed by atoms with Crippen LogP contribution in [0.15, 0.2) is 59.7 Å². The number of piperazine rings is 1. The molecule has 4 heterocycles. The molecule has 0 radical (unpaired) electrons. The smallest absolute Gasteiger partial charge is 0.255 e. The van der Waals surface area contributed by atoms with Crippen LogP contribution in [-0.4, -0.2) is 60.5 Å². The molecule has 5 rings (SSSR count). The average Bonchev–Trinajstić information content (AvgIpc) is 2.89. The van der Waals surface area contributed by atoms with Crippen molar-refractivity contribution in [3.05, 3.63) is 70.8 Å². The van der Waals surface area contributed by atoms with Crippen molar-refractivity contribution in [2.45, 2.75) is 19.5 Å². The molecule has 2 aliphatic heterocycles. The molecular formula is C25H30N6O2. The first kappa shape index (κ1) is 21.6. The van der Waals surface area contributed by atoms with E-state index in [4.69, 9.17) is 9.72 Å². The highest BCUT2D eigenvalue weighted by atomic mass is 16.5. The first-order chi connectivity index (χ1) is 16.2. The number of aromatic nitrogens is 3. The summed E-state index contributed by atoms with van der Waals surface area (Å²) < 4.78 is 7.23. The van der Waals surface area contributed by atoms with Gasteiger partial charge in [-0.1, -0.05) is 12.1 Å². The van der Waals surface area contributed by atoms with E-state index in [-0.39, 0.29) is 11.6 Å². The van der Waals surface area contributed by atoms with Crippen LogP contribution in [0.25, 0.3) is 11.3 Å². The number of benzene rings is 1. The van der Waals surface area contributed by atoms with Crippen LogP contribution in [0.5, 0.6) is 0 Å². The van der Waals surface area contributed by atoms with E-state index in [0.717, 1.165) is 57.4 Å². The third-order valence-corrected chi connectivity index (χ3v) is 6.41. The summed E-state index contributed by atoms with van der Waals surface area (Å²) in [4.78, 5) is 26.5. The summed E-state index contributed by atoms with van der Waals surface area (Å²) in [6.45, 7) is 8.39. The van der Waals surface area contributed by atoms with Crippen LogP contribution >= 0.6 is 0 Å². The molecular weight excluding hydrogens is 416 g/mol. The molecule has 8 nitrogen and oxygen atoms in total. The molecule has 8 heteroatoms. The lowest BCUT2D eigenvalue weighted by molar-refractivity contribution is 0.122. The molecule has 2 saturated heterocycles. The largest absolute Gasteiger partial charge is 0.378 e. The van der Waals surface area contributed by atoms with E-state index < -0.39 is 0 Å². The second-order valence-corrected chi connectivity index (χ2v) is 8.40. The normalized spacial score (nSPS) is 19.0.